The number of carbonyl (C=O) groups is 3. The number of carbonyl (C=O) groups excluding carboxylic acids is 2. The summed E-state index contributed by atoms with van der Waals surface area (Å²) >= 11 is 6.27. The molecule has 0 aliphatic rings. The van der Waals surface area contributed by atoms with E-state index >= 15 is 0 Å². The van der Waals surface area contributed by atoms with Crippen molar-refractivity contribution < 1.29 is 29.0 Å². The van der Waals surface area contributed by atoms with Gasteiger partial charge in [-0.25, -0.2) is 4.79 Å². The summed E-state index contributed by atoms with van der Waals surface area (Å²) in [6.07, 6.45) is -2.37. The third-order valence-electron chi connectivity index (χ3n) is 3.31. The van der Waals surface area contributed by atoms with Crippen molar-refractivity contribution in [3.05, 3.63) is 28.8 Å². The van der Waals surface area contributed by atoms with E-state index in [9.17, 15) is 14.4 Å². The number of nitrogens with one attached hydrogen (secondary N) is 1. The maximum absolute atomic E-state index is 12.3. The van der Waals surface area contributed by atoms with Gasteiger partial charge in [0.15, 0.2) is 6.23 Å². The second-order valence-electron chi connectivity index (χ2n) is 6.74. The van der Waals surface area contributed by atoms with Crippen LogP contribution in [0.1, 0.15) is 46.4 Å². The van der Waals surface area contributed by atoms with Crippen LogP contribution in [0.25, 0.3) is 0 Å². The molecule has 1 unspecified atom stereocenters. The van der Waals surface area contributed by atoms with E-state index < -0.39 is 29.9 Å². The Hall–Kier alpha value is -2.32. The number of halogens is 1. The van der Waals surface area contributed by atoms with E-state index in [1.54, 1.807) is 39.8 Å². The highest BCUT2D eigenvalue weighted by molar-refractivity contribution is 6.31. The highest BCUT2D eigenvalue weighted by Gasteiger charge is 2.30. The predicted octanol–water partition coefficient (Wildman–Crippen LogP) is 3.66. The number of hydrogen-bond donors (Lipinski definition) is 2. The highest BCUT2D eigenvalue weighted by atomic mass is 35.5. The molecule has 0 fully saturated rings. The van der Waals surface area contributed by atoms with Crippen LogP contribution in [0, 0.1) is 0 Å². The van der Waals surface area contributed by atoms with Crippen LogP contribution in [0.15, 0.2) is 18.2 Å². The molecule has 1 aromatic carbocycles. The Bertz CT molecular complexity index is 702. The zero-order valence-electron chi connectivity index (χ0n) is 16.0. The van der Waals surface area contributed by atoms with Crippen LogP contribution in [0.5, 0.6) is 0 Å². The number of benzene rings is 1. The Morgan fingerprint density at radius 3 is 2.41 bits per heavy atom. The topological polar surface area (TPSA) is 105 Å². The molecule has 0 bridgehead atoms. The number of esters is 2. The first kappa shape index (κ1) is 22.7. The summed E-state index contributed by atoms with van der Waals surface area (Å²) in [6, 6.07) is 4.60. The van der Waals surface area contributed by atoms with E-state index in [-0.39, 0.29) is 22.8 Å². The largest absolute Gasteiger partial charge is 0.465 e. The van der Waals surface area contributed by atoms with Crippen LogP contribution in [0.2, 0.25) is 5.02 Å². The monoisotopic (exact) mass is 400 g/mol. The second kappa shape index (κ2) is 9.57. The van der Waals surface area contributed by atoms with E-state index in [1.807, 2.05) is 0 Å². The predicted molar refractivity (Wildman–Crippen MR) is 101 cm³/mol. The summed E-state index contributed by atoms with van der Waals surface area (Å²) in [5.41, 5.74) is -0.278. The number of rotatable bonds is 7. The molecule has 8 nitrogen and oxygen atoms in total. The van der Waals surface area contributed by atoms with Gasteiger partial charge in [-0.1, -0.05) is 24.6 Å². The van der Waals surface area contributed by atoms with Gasteiger partial charge in [0.05, 0.1) is 16.3 Å². The Balaban J connectivity index is 3.30. The molecule has 1 rings (SSSR count). The van der Waals surface area contributed by atoms with Gasteiger partial charge in [-0.15, -0.1) is 0 Å². The number of carboxylic acid groups (broad SMARTS) is 1. The molecule has 0 aromatic heterocycles. The minimum Gasteiger partial charge on any atom is -0.465 e. The maximum Gasteiger partial charge on any atom is 0.409 e. The fourth-order valence-corrected chi connectivity index (χ4v) is 2.65. The van der Waals surface area contributed by atoms with Gasteiger partial charge < -0.3 is 14.6 Å². The van der Waals surface area contributed by atoms with Crippen LogP contribution >= 0.6 is 11.6 Å². The number of amides is 1. The first-order valence-electron chi connectivity index (χ1n) is 8.36. The van der Waals surface area contributed by atoms with E-state index in [0.717, 1.165) is 0 Å². The van der Waals surface area contributed by atoms with Crippen molar-refractivity contribution in [1.82, 2.24) is 4.90 Å². The molecular formula is C18H25ClN2O6. The number of anilines is 1. The van der Waals surface area contributed by atoms with Gasteiger partial charge in [-0.05, 0) is 39.4 Å². The molecule has 1 amide bonds. The third kappa shape index (κ3) is 7.44. The quantitative estimate of drug-likeness (QED) is 0.531. The van der Waals surface area contributed by atoms with Gasteiger partial charge in [0, 0.05) is 6.92 Å². The van der Waals surface area contributed by atoms with Gasteiger partial charge in [-0.3, -0.25) is 19.8 Å². The van der Waals surface area contributed by atoms with E-state index in [4.69, 9.17) is 26.2 Å². The average molecular weight is 401 g/mol. The highest BCUT2D eigenvalue weighted by Crippen LogP contribution is 2.35. The van der Waals surface area contributed by atoms with Crippen LogP contribution in [0.4, 0.5) is 10.5 Å². The smallest absolute Gasteiger partial charge is 0.409 e. The zero-order valence-corrected chi connectivity index (χ0v) is 16.8. The van der Waals surface area contributed by atoms with E-state index in [2.05, 4.69) is 5.32 Å². The summed E-state index contributed by atoms with van der Waals surface area (Å²) in [5, 5.41) is 11.5. The van der Waals surface area contributed by atoms with Crippen molar-refractivity contribution in [2.75, 3.05) is 18.4 Å². The Labute approximate surface area is 163 Å². The number of hydrogen-bond acceptors (Lipinski definition) is 6. The molecule has 150 valence electrons. The lowest BCUT2D eigenvalue weighted by molar-refractivity contribution is -0.168. The lowest BCUT2D eigenvalue weighted by Gasteiger charge is -2.32. The molecule has 9 heteroatoms. The summed E-state index contributed by atoms with van der Waals surface area (Å²) in [4.78, 5) is 36.5. The van der Waals surface area contributed by atoms with Crippen LogP contribution in [-0.4, -0.2) is 46.7 Å². The number of likely N-dealkylation sites (N-methyl/N-ethyl adjacent to an activating group) is 1. The van der Waals surface area contributed by atoms with Crippen LogP contribution < -0.4 is 5.32 Å². The summed E-state index contributed by atoms with van der Waals surface area (Å²) in [6.45, 7) is 8.35. The normalized spacial score (nSPS) is 12.4. The van der Waals surface area contributed by atoms with Gasteiger partial charge in [0.1, 0.15) is 12.1 Å². The molecule has 0 radical (unpaired) electrons. The minimum atomic E-state index is -1.30. The SMILES string of the molecule is CCN(CC(=O)OC(C)(C)C)C(OC(C)=O)c1c(Cl)cccc1NC(=O)O. The Kier molecular flexibility index (Phi) is 8.05. The van der Waals surface area contributed by atoms with Crippen molar-refractivity contribution in [2.24, 2.45) is 0 Å². The molecule has 2 N–H and O–H groups in total. The molecule has 1 atom stereocenters. The van der Waals surface area contributed by atoms with Crippen molar-refractivity contribution >= 4 is 35.3 Å². The van der Waals surface area contributed by atoms with Crippen molar-refractivity contribution in [2.45, 2.75) is 46.4 Å². The first-order chi connectivity index (χ1) is 12.4. The van der Waals surface area contributed by atoms with Gasteiger partial charge >= 0.3 is 18.0 Å². The molecule has 27 heavy (non-hydrogen) atoms. The van der Waals surface area contributed by atoms with Crippen LogP contribution in [0.3, 0.4) is 0 Å². The molecule has 0 saturated carbocycles. The second-order valence-corrected chi connectivity index (χ2v) is 7.15. The lowest BCUT2D eigenvalue weighted by Crippen LogP contribution is -2.39. The number of ether oxygens (including phenoxy) is 2. The standard InChI is InChI=1S/C18H25ClN2O6/c1-6-21(10-14(23)27-18(3,4)5)16(26-11(2)22)15-12(19)8-7-9-13(15)20-17(24)25/h7-9,16,20H,6,10H2,1-5H3,(H,24,25). The maximum atomic E-state index is 12.3. The third-order valence-corrected chi connectivity index (χ3v) is 3.64. The molecular weight excluding hydrogens is 376 g/mol. The zero-order chi connectivity index (χ0) is 20.8. The fourth-order valence-electron chi connectivity index (χ4n) is 2.39. The molecule has 0 aliphatic heterocycles. The molecule has 0 spiro atoms. The summed E-state index contributed by atoms with van der Waals surface area (Å²) in [7, 11) is 0. The molecule has 0 heterocycles. The molecule has 0 aliphatic carbocycles. The van der Waals surface area contributed by atoms with Crippen LogP contribution in [-0.2, 0) is 19.1 Å². The summed E-state index contributed by atoms with van der Waals surface area (Å²) in [5.74, 6) is -1.12. The van der Waals surface area contributed by atoms with Crippen molar-refractivity contribution in [3.63, 3.8) is 0 Å². The first-order valence-corrected chi connectivity index (χ1v) is 8.74. The minimum absolute atomic E-state index is 0.156. The number of nitrogens with zero attached hydrogens (tertiary/aromatic N) is 1. The van der Waals surface area contributed by atoms with Gasteiger partial charge in [0.25, 0.3) is 0 Å². The van der Waals surface area contributed by atoms with Crippen molar-refractivity contribution in [1.29, 1.82) is 0 Å². The Morgan fingerprint density at radius 1 is 1.30 bits per heavy atom. The van der Waals surface area contributed by atoms with E-state index in [1.165, 1.54) is 17.9 Å². The molecule has 0 saturated heterocycles. The average Bonchev–Trinajstić information content (AvgIpc) is 2.48. The molecule has 1 aromatic rings. The van der Waals surface area contributed by atoms with Crippen molar-refractivity contribution in [3.8, 4) is 0 Å². The Morgan fingerprint density at radius 2 is 1.93 bits per heavy atom. The van der Waals surface area contributed by atoms with E-state index in [0.29, 0.717) is 6.54 Å². The lowest BCUT2D eigenvalue weighted by atomic mass is 10.1. The van der Waals surface area contributed by atoms with Gasteiger partial charge in [-0.2, -0.15) is 0 Å². The fraction of sp³-hybridized carbons (Fsp3) is 0.500. The summed E-state index contributed by atoms with van der Waals surface area (Å²) < 4.78 is 10.7. The van der Waals surface area contributed by atoms with Gasteiger partial charge in [0.2, 0.25) is 0 Å².